The van der Waals surface area contributed by atoms with E-state index >= 15 is 0 Å². The van der Waals surface area contributed by atoms with Crippen molar-refractivity contribution >= 4 is 29.4 Å². The standard InChI is InChI=1S/C19H22N4O4/c1-11-3-4-14(5-12(11)2)22-8-13(6-16(22)24)18(26)21-9-15(10-21)23-17(25)7-20-19(23)27/h3-5,13,15H,6-10H2,1-2H3,(H,20,27)/t13-/m0/s1. The summed E-state index contributed by atoms with van der Waals surface area (Å²) in [5.41, 5.74) is 3.08. The first-order valence-electron chi connectivity index (χ1n) is 9.11. The molecular formula is C19H22N4O4. The second-order valence-corrected chi connectivity index (χ2v) is 7.49. The van der Waals surface area contributed by atoms with Gasteiger partial charge in [-0.05, 0) is 37.1 Å². The Morgan fingerprint density at radius 1 is 1.04 bits per heavy atom. The van der Waals surface area contributed by atoms with Crippen LogP contribution in [0.1, 0.15) is 17.5 Å². The van der Waals surface area contributed by atoms with Crippen LogP contribution in [0.5, 0.6) is 0 Å². The highest BCUT2D eigenvalue weighted by Crippen LogP contribution is 2.29. The summed E-state index contributed by atoms with van der Waals surface area (Å²) < 4.78 is 0. The summed E-state index contributed by atoms with van der Waals surface area (Å²) >= 11 is 0. The van der Waals surface area contributed by atoms with Crippen LogP contribution in [-0.4, -0.2) is 65.8 Å². The van der Waals surface area contributed by atoms with Crippen LogP contribution in [0.4, 0.5) is 10.5 Å². The Labute approximate surface area is 157 Å². The number of hydrogen-bond donors (Lipinski definition) is 1. The molecule has 0 bridgehead atoms. The van der Waals surface area contributed by atoms with E-state index in [2.05, 4.69) is 5.32 Å². The molecule has 1 aromatic rings. The number of nitrogens with zero attached hydrogens (tertiary/aromatic N) is 3. The number of likely N-dealkylation sites (tertiary alicyclic amines) is 1. The number of nitrogens with one attached hydrogen (secondary N) is 1. The van der Waals surface area contributed by atoms with Gasteiger partial charge in [-0.3, -0.25) is 19.3 Å². The van der Waals surface area contributed by atoms with Gasteiger partial charge in [-0.15, -0.1) is 0 Å². The molecule has 3 saturated heterocycles. The van der Waals surface area contributed by atoms with Gasteiger partial charge in [-0.2, -0.15) is 0 Å². The second kappa shape index (κ2) is 6.37. The zero-order valence-corrected chi connectivity index (χ0v) is 15.4. The van der Waals surface area contributed by atoms with Gasteiger partial charge in [0.1, 0.15) is 0 Å². The minimum atomic E-state index is -0.394. The molecule has 8 nitrogen and oxygen atoms in total. The Morgan fingerprint density at radius 2 is 1.78 bits per heavy atom. The topological polar surface area (TPSA) is 90.0 Å². The minimum absolute atomic E-state index is 0.0192. The molecule has 27 heavy (non-hydrogen) atoms. The molecule has 1 N–H and O–H groups in total. The summed E-state index contributed by atoms with van der Waals surface area (Å²) in [7, 11) is 0. The molecule has 3 aliphatic rings. The Balaban J connectivity index is 1.38. The lowest BCUT2D eigenvalue weighted by molar-refractivity contribution is -0.145. The van der Waals surface area contributed by atoms with Crippen molar-refractivity contribution in [2.24, 2.45) is 5.92 Å². The van der Waals surface area contributed by atoms with Gasteiger partial charge in [0.05, 0.1) is 18.5 Å². The fourth-order valence-corrected chi connectivity index (χ4v) is 3.88. The normalized spacial score (nSPS) is 23.1. The van der Waals surface area contributed by atoms with Crippen molar-refractivity contribution in [3.05, 3.63) is 29.3 Å². The third kappa shape index (κ3) is 2.94. The maximum atomic E-state index is 12.7. The monoisotopic (exact) mass is 370 g/mol. The van der Waals surface area contributed by atoms with Crippen LogP contribution in [0.15, 0.2) is 18.2 Å². The molecule has 1 aromatic carbocycles. The van der Waals surface area contributed by atoms with Crippen LogP contribution < -0.4 is 10.2 Å². The van der Waals surface area contributed by atoms with E-state index in [0.29, 0.717) is 19.6 Å². The van der Waals surface area contributed by atoms with Gasteiger partial charge in [-0.1, -0.05) is 6.07 Å². The fraction of sp³-hybridized carbons (Fsp3) is 0.474. The number of imide groups is 1. The van der Waals surface area contributed by atoms with Crippen molar-refractivity contribution in [3.8, 4) is 0 Å². The molecule has 0 spiro atoms. The Kier molecular flexibility index (Phi) is 4.13. The summed E-state index contributed by atoms with van der Waals surface area (Å²) in [5, 5.41) is 2.49. The van der Waals surface area contributed by atoms with Gasteiger partial charge in [0, 0.05) is 31.7 Å². The molecular weight excluding hydrogens is 348 g/mol. The largest absolute Gasteiger partial charge is 0.338 e. The predicted molar refractivity (Wildman–Crippen MR) is 97.0 cm³/mol. The summed E-state index contributed by atoms with van der Waals surface area (Å²) in [6, 6.07) is 5.19. The SMILES string of the molecule is Cc1ccc(N2C[C@@H](C(=O)N3CC(N4C(=O)CNC4=O)C3)CC2=O)cc1C. The number of rotatable bonds is 3. The predicted octanol–water partition coefficient (Wildman–Crippen LogP) is 0.419. The van der Waals surface area contributed by atoms with E-state index in [1.54, 1.807) is 9.80 Å². The number of hydrogen-bond acceptors (Lipinski definition) is 4. The first-order valence-corrected chi connectivity index (χ1v) is 9.11. The Morgan fingerprint density at radius 3 is 2.41 bits per heavy atom. The molecule has 3 heterocycles. The number of anilines is 1. The van der Waals surface area contributed by atoms with Gasteiger partial charge in [0.25, 0.3) is 0 Å². The smallest absolute Gasteiger partial charge is 0.324 e. The summed E-state index contributed by atoms with van der Waals surface area (Å²) in [4.78, 5) is 53.1. The lowest BCUT2D eigenvalue weighted by Crippen LogP contribution is -2.63. The van der Waals surface area contributed by atoms with Crippen molar-refractivity contribution in [1.29, 1.82) is 0 Å². The molecule has 4 rings (SSSR count). The van der Waals surface area contributed by atoms with E-state index in [1.807, 2.05) is 32.0 Å². The van der Waals surface area contributed by atoms with E-state index in [1.165, 1.54) is 4.90 Å². The van der Waals surface area contributed by atoms with Crippen LogP contribution >= 0.6 is 0 Å². The molecule has 0 aliphatic carbocycles. The first kappa shape index (κ1) is 17.5. The number of carbonyl (C=O) groups is 4. The van der Waals surface area contributed by atoms with E-state index < -0.39 is 6.03 Å². The van der Waals surface area contributed by atoms with Gasteiger partial charge in [-0.25, -0.2) is 4.79 Å². The number of aryl methyl sites for hydroxylation is 2. The summed E-state index contributed by atoms with van der Waals surface area (Å²) in [6.45, 7) is 5.08. The number of carbonyl (C=O) groups excluding carboxylic acids is 4. The molecule has 3 fully saturated rings. The van der Waals surface area contributed by atoms with E-state index in [9.17, 15) is 19.2 Å². The highest BCUT2D eigenvalue weighted by Gasteiger charge is 2.46. The van der Waals surface area contributed by atoms with Crippen LogP contribution in [0.2, 0.25) is 0 Å². The molecule has 1 atom stereocenters. The first-order chi connectivity index (χ1) is 12.8. The van der Waals surface area contributed by atoms with Gasteiger partial charge < -0.3 is 15.1 Å². The number of urea groups is 1. The lowest BCUT2D eigenvalue weighted by atomic mass is 10.0. The van der Waals surface area contributed by atoms with Crippen LogP contribution in [0, 0.1) is 19.8 Å². The zero-order chi connectivity index (χ0) is 19.3. The third-order valence-corrected chi connectivity index (χ3v) is 5.69. The second-order valence-electron chi connectivity index (χ2n) is 7.49. The number of amides is 5. The minimum Gasteiger partial charge on any atom is -0.338 e. The van der Waals surface area contributed by atoms with Crippen molar-refractivity contribution in [2.75, 3.05) is 31.1 Å². The summed E-state index contributed by atoms with van der Waals surface area (Å²) in [5.74, 6) is -0.780. The summed E-state index contributed by atoms with van der Waals surface area (Å²) in [6.07, 6.45) is 0.191. The fourth-order valence-electron chi connectivity index (χ4n) is 3.88. The average molecular weight is 370 g/mol. The molecule has 8 heteroatoms. The Hall–Kier alpha value is -2.90. The van der Waals surface area contributed by atoms with Crippen LogP contribution in [-0.2, 0) is 14.4 Å². The highest BCUT2D eigenvalue weighted by atomic mass is 16.2. The molecule has 0 aromatic heterocycles. The molecule has 3 aliphatic heterocycles. The van der Waals surface area contributed by atoms with Crippen LogP contribution in [0.25, 0.3) is 0 Å². The van der Waals surface area contributed by atoms with E-state index in [0.717, 1.165) is 16.8 Å². The van der Waals surface area contributed by atoms with Crippen molar-refractivity contribution in [1.82, 2.24) is 15.1 Å². The number of benzene rings is 1. The highest BCUT2D eigenvalue weighted by molar-refractivity contribution is 6.03. The van der Waals surface area contributed by atoms with Crippen LogP contribution in [0.3, 0.4) is 0 Å². The lowest BCUT2D eigenvalue weighted by Gasteiger charge is -2.43. The molecule has 0 unspecified atom stereocenters. The van der Waals surface area contributed by atoms with Gasteiger partial charge >= 0.3 is 6.03 Å². The van der Waals surface area contributed by atoms with Gasteiger partial charge in [0.2, 0.25) is 17.7 Å². The quantitative estimate of drug-likeness (QED) is 0.781. The van der Waals surface area contributed by atoms with Crippen molar-refractivity contribution in [2.45, 2.75) is 26.3 Å². The molecule has 5 amide bonds. The maximum absolute atomic E-state index is 12.7. The van der Waals surface area contributed by atoms with E-state index in [-0.39, 0.29) is 42.6 Å². The van der Waals surface area contributed by atoms with Crippen molar-refractivity contribution < 1.29 is 19.2 Å². The maximum Gasteiger partial charge on any atom is 0.324 e. The Bertz CT molecular complexity index is 830. The molecule has 0 radical (unpaired) electrons. The van der Waals surface area contributed by atoms with E-state index in [4.69, 9.17) is 0 Å². The van der Waals surface area contributed by atoms with Gasteiger partial charge in [0.15, 0.2) is 0 Å². The van der Waals surface area contributed by atoms with Crippen molar-refractivity contribution in [3.63, 3.8) is 0 Å². The zero-order valence-electron chi connectivity index (χ0n) is 15.4. The average Bonchev–Trinajstić information content (AvgIpc) is 3.13. The third-order valence-electron chi connectivity index (χ3n) is 5.69. The molecule has 142 valence electrons. The molecule has 0 saturated carbocycles.